The van der Waals surface area contributed by atoms with Gasteiger partial charge < -0.3 is 9.47 Å². The lowest BCUT2D eigenvalue weighted by Crippen LogP contribution is -2.26. The van der Waals surface area contributed by atoms with E-state index in [-0.39, 0.29) is 11.4 Å². The average molecular weight is 389 g/mol. The van der Waals surface area contributed by atoms with Crippen LogP contribution in [0.15, 0.2) is 53.4 Å². The van der Waals surface area contributed by atoms with Crippen molar-refractivity contribution in [2.24, 2.45) is 0 Å². The minimum Gasteiger partial charge on any atom is -0.494 e. The maximum atomic E-state index is 12.6. The summed E-state index contributed by atoms with van der Waals surface area (Å²) < 4.78 is 72.3. The highest BCUT2D eigenvalue weighted by Crippen LogP contribution is 2.26. The zero-order valence-electron chi connectivity index (χ0n) is 14.2. The van der Waals surface area contributed by atoms with Crippen molar-refractivity contribution in [2.45, 2.75) is 24.7 Å². The van der Waals surface area contributed by atoms with Gasteiger partial charge in [0.25, 0.3) is 0 Å². The molecule has 9 heteroatoms. The highest BCUT2D eigenvalue weighted by molar-refractivity contribution is 7.89. The van der Waals surface area contributed by atoms with Gasteiger partial charge in [0.15, 0.2) is 0 Å². The van der Waals surface area contributed by atoms with E-state index in [9.17, 15) is 21.6 Å². The fourth-order valence-corrected chi connectivity index (χ4v) is 3.41. The number of ether oxygens (including phenoxy) is 2. The molecule has 0 saturated heterocycles. The average Bonchev–Trinajstić information content (AvgIpc) is 2.55. The van der Waals surface area contributed by atoms with E-state index in [0.29, 0.717) is 17.9 Å². The summed E-state index contributed by atoms with van der Waals surface area (Å²) in [6, 6.07) is 11.2. The van der Waals surface area contributed by atoms with Crippen LogP contribution in [-0.2, 0) is 16.6 Å². The molecule has 2 aromatic carbocycles. The molecule has 0 aliphatic heterocycles. The predicted molar refractivity (Wildman–Crippen MR) is 89.4 cm³/mol. The molecule has 0 heterocycles. The first kappa shape index (κ1) is 20.1. The van der Waals surface area contributed by atoms with Crippen molar-refractivity contribution in [2.75, 3.05) is 13.7 Å². The first-order chi connectivity index (χ1) is 12.1. The second-order valence-corrected chi connectivity index (χ2v) is 7.41. The second kappa shape index (κ2) is 7.96. The Kier molecular flexibility index (Phi) is 6.14. The summed E-state index contributed by atoms with van der Waals surface area (Å²) in [5.74, 6) is 0.0757. The molecule has 26 heavy (non-hydrogen) atoms. The monoisotopic (exact) mass is 389 g/mol. The van der Waals surface area contributed by atoms with Crippen molar-refractivity contribution in [3.63, 3.8) is 0 Å². The van der Waals surface area contributed by atoms with Crippen molar-refractivity contribution in [3.8, 4) is 11.5 Å². The van der Waals surface area contributed by atoms with Gasteiger partial charge in [0, 0.05) is 19.7 Å². The van der Waals surface area contributed by atoms with E-state index in [1.807, 2.05) is 6.92 Å². The van der Waals surface area contributed by atoms with Crippen LogP contribution in [0.1, 0.15) is 12.5 Å². The fourth-order valence-electron chi connectivity index (χ4n) is 2.21. The summed E-state index contributed by atoms with van der Waals surface area (Å²) in [6.07, 6.45) is -4.89. The van der Waals surface area contributed by atoms with Gasteiger partial charge in [-0.3, -0.25) is 0 Å². The molecular formula is C17H18F3NO4S. The van der Waals surface area contributed by atoms with Gasteiger partial charge in [0.2, 0.25) is 10.0 Å². The van der Waals surface area contributed by atoms with Crippen LogP contribution in [-0.4, -0.2) is 32.7 Å². The third kappa shape index (κ3) is 5.37. The molecule has 0 aliphatic rings. The summed E-state index contributed by atoms with van der Waals surface area (Å²) in [7, 11) is -2.63. The Morgan fingerprint density at radius 3 is 2.27 bits per heavy atom. The van der Waals surface area contributed by atoms with Crippen LogP contribution in [0.25, 0.3) is 0 Å². The molecule has 142 valence electrons. The predicted octanol–water partition coefficient (Wildman–Crippen LogP) is 3.80. The quantitative estimate of drug-likeness (QED) is 0.723. The van der Waals surface area contributed by atoms with Crippen LogP contribution in [0.3, 0.4) is 0 Å². The highest BCUT2D eigenvalue weighted by Gasteiger charge is 2.31. The van der Waals surface area contributed by atoms with Crippen LogP contribution in [0.5, 0.6) is 11.5 Å². The number of benzene rings is 2. The molecule has 0 spiro atoms. The smallest absolute Gasteiger partial charge is 0.494 e. The summed E-state index contributed by atoms with van der Waals surface area (Å²) >= 11 is 0. The largest absolute Gasteiger partial charge is 0.573 e. The Labute approximate surface area is 150 Å². The molecule has 0 aliphatic carbocycles. The van der Waals surface area contributed by atoms with E-state index >= 15 is 0 Å². The summed E-state index contributed by atoms with van der Waals surface area (Å²) in [4.78, 5) is -0.285. The lowest BCUT2D eigenvalue weighted by atomic mass is 10.2. The van der Waals surface area contributed by atoms with Crippen LogP contribution >= 0.6 is 0 Å². The molecule has 0 bridgehead atoms. The first-order valence-corrected chi connectivity index (χ1v) is 9.09. The van der Waals surface area contributed by atoms with E-state index in [1.54, 1.807) is 24.3 Å². The molecule has 2 aromatic rings. The first-order valence-electron chi connectivity index (χ1n) is 7.65. The van der Waals surface area contributed by atoms with Crippen molar-refractivity contribution in [1.29, 1.82) is 0 Å². The molecule has 0 atom stereocenters. The molecule has 0 unspecified atom stereocenters. The van der Waals surface area contributed by atoms with E-state index in [0.717, 1.165) is 16.4 Å². The topological polar surface area (TPSA) is 55.8 Å². The number of hydrogen-bond donors (Lipinski definition) is 0. The van der Waals surface area contributed by atoms with E-state index in [2.05, 4.69) is 4.74 Å². The third-order valence-corrected chi connectivity index (χ3v) is 5.19. The van der Waals surface area contributed by atoms with Crippen LogP contribution in [0.4, 0.5) is 13.2 Å². The lowest BCUT2D eigenvalue weighted by Gasteiger charge is -2.18. The molecule has 0 saturated carbocycles. The van der Waals surface area contributed by atoms with Gasteiger partial charge in [-0.15, -0.1) is 13.2 Å². The maximum absolute atomic E-state index is 12.6. The zero-order valence-corrected chi connectivity index (χ0v) is 15.0. The lowest BCUT2D eigenvalue weighted by molar-refractivity contribution is -0.274. The molecule has 0 radical (unpaired) electrons. The molecule has 0 amide bonds. The number of nitrogens with zero attached hydrogens (tertiary/aromatic N) is 1. The van der Waals surface area contributed by atoms with Crippen LogP contribution in [0.2, 0.25) is 0 Å². The van der Waals surface area contributed by atoms with Gasteiger partial charge in [0.05, 0.1) is 11.5 Å². The fraction of sp³-hybridized carbons (Fsp3) is 0.294. The van der Waals surface area contributed by atoms with E-state index in [1.165, 1.54) is 19.2 Å². The van der Waals surface area contributed by atoms with E-state index in [4.69, 9.17) is 4.74 Å². The molecule has 0 aromatic heterocycles. The zero-order chi connectivity index (χ0) is 19.4. The number of rotatable bonds is 7. The Morgan fingerprint density at radius 2 is 1.69 bits per heavy atom. The molecule has 2 rings (SSSR count). The van der Waals surface area contributed by atoms with Crippen molar-refractivity contribution >= 4 is 10.0 Å². The molecule has 0 N–H and O–H groups in total. The van der Waals surface area contributed by atoms with Gasteiger partial charge in [-0.2, -0.15) is 4.31 Å². The number of hydrogen-bond acceptors (Lipinski definition) is 4. The number of alkyl halides is 3. The Bertz CT molecular complexity index is 836. The standard InChI is InChI=1S/C17H18F3NO4S/c1-3-24-14-9-7-13(8-10-14)12-21(2)26(22,23)16-6-4-5-15(11-16)25-17(18,19)20/h4-11H,3,12H2,1-2H3. The van der Waals surface area contributed by atoms with Gasteiger partial charge in [-0.25, -0.2) is 8.42 Å². The third-order valence-electron chi connectivity index (χ3n) is 3.39. The summed E-state index contributed by atoms with van der Waals surface area (Å²) in [5, 5.41) is 0. The number of halogens is 3. The number of sulfonamides is 1. The normalized spacial score (nSPS) is 12.2. The van der Waals surface area contributed by atoms with Gasteiger partial charge in [0.1, 0.15) is 11.5 Å². The van der Waals surface area contributed by atoms with Crippen LogP contribution < -0.4 is 9.47 Å². The highest BCUT2D eigenvalue weighted by atomic mass is 32.2. The van der Waals surface area contributed by atoms with Gasteiger partial charge in [-0.05, 0) is 36.8 Å². The summed E-state index contributed by atoms with van der Waals surface area (Å²) in [6.45, 7) is 2.42. The van der Waals surface area contributed by atoms with Gasteiger partial charge in [-0.1, -0.05) is 18.2 Å². The summed E-state index contributed by atoms with van der Waals surface area (Å²) in [5.41, 5.74) is 0.710. The van der Waals surface area contributed by atoms with Crippen molar-refractivity contribution < 1.29 is 31.1 Å². The maximum Gasteiger partial charge on any atom is 0.573 e. The SMILES string of the molecule is CCOc1ccc(CN(C)S(=O)(=O)c2cccc(OC(F)(F)F)c2)cc1. The Balaban J connectivity index is 2.17. The van der Waals surface area contributed by atoms with Crippen molar-refractivity contribution in [1.82, 2.24) is 4.31 Å². The minimum atomic E-state index is -4.89. The molecular weight excluding hydrogens is 371 g/mol. The minimum absolute atomic E-state index is 0.0547. The molecule has 5 nitrogen and oxygen atoms in total. The second-order valence-electron chi connectivity index (χ2n) is 5.36. The van der Waals surface area contributed by atoms with Crippen LogP contribution in [0, 0.1) is 0 Å². The van der Waals surface area contributed by atoms with Crippen molar-refractivity contribution in [3.05, 3.63) is 54.1 Å². The van der Waals surface area contributed by atoms with Gasteiger partial charge >= 0.3 is 6.36 Å². The Hall–Kier alpha value is -2.26. The van der Waals surface area contributed by atoms with E-state index < -0.39 is 22.1 Å². The Morgan fingerprint density at radius 1 is 1.04 bits per heavy atom. The molecule has 0 fully saturated rings.